The topological polar surface area (TPSA) is 21.3 Å². The molecule has 2 nitrogen and oxygen atoms in total. The van der Waals surface area contributed by atoms with Crippen LogP contribution in [0.3, 0.4) is 0 Å². The number of rotatable bonds is 5. The van der Waals surface area contributed by atoms with Crippen LogP contribution in [0.4, 0.5) is 0 Å². The largest absolute Gasteiger partial charge is 0.494 e. The maximum atomic E-state index is 5.53. The van der Waals surface area contributed by atoms with Gasteiger partial charge >= 0.3 is 0 Å². The van der Waals surface area contributed by atoms with Gasteiger partial charge in [0.25, 0.3) is 0 Å². The summed E-state index contributed by atoms with van der Waals surface area (Å²) in [6, 6.07) is 8.54. The third-order valence-corrected chi connectivity index (χ3v) is 3.51. The van der Waals surface area contributed by atoms with Gasteiger partial charge < -0.3 is 10.1 Å². The molecule has 1 fully saturated rings. The number of aryl methyl sites for hydroxylation is 1. The summed E-state index contributed by atoms with van der Waals surface area (Å²) in [5.74, 6) is 1.92. The van der Waals surface area contributed by atoms with E-state index < -0.39 is 0 Å². The molecule has 0 aliphatic carbocycles. The fourth-order valence-corrected chi connectivity index (χ4v) is 2.50. The Morgan fingerprint density at radius 2 is 2.12 bits per heavy atom. The summed E-state index contributed by atoms with van der Waals surface area (Å²) in [5.41, 5.74) is 1.41. The molecule has 2 heteroatoms. The van der Waals surface area contributed by atoms with E-state index in [2.05, 4.69) is 23.5 Å². The van der Waals surface area contributed by atoms with Crippen molar-refractivity contribution in [1.82, 2.24) is 5.32 Å². The maximum absolute atomic E-state index is 5.53. The number of benzene rings is 1. The molecule has 2 rings (SSSR count). The Kier molecular flexibility index (Phi) is 4.87. The lowest BCUT2D eigenvalue weighted by atomic mass is 9.91. The molecule has 1 heterocycles. The number of hydrogen-bond donors (Lipinski definition) is 1. The van der Waals surface area contributed by atoms with Gasteiger partial charge in [0.2, 0.25) is 0 Å². The molecule has 1 N–H and O–H groups in total. The first-order chi connectivity index (χ1) is 8.38. The SMILES string of the molecule is CCOc1cccc(CCC2CCNCC2)c1. The minimum atomic E-state index is 0.748. The molecule has 1 aromatic rings. The quantitative estimate of drug-likeness (QED) is 0.844. The van der Waals surface area contributed by atoms with Crippen LogP contribution in [0.25, 0.3) is 0 Å². The van der Waals surface area contributed by atoms with Crippen LogP contribution in [0.5, 0.6) is 5.75 Å². The van der Waals surface area contributed by atoms with Gasteiger partial charge in [-0.15, -0.1) is 0 Å². The van der Waals surface area contributed by atoms with Gasteiger partial charge in [0, 0.05) is 0 Å². The third-order valence-electron chi connectivity index (χ3n) is 3.51. The first kappa shape index (κ1) is 12.4. The van der Waals surface area contributed by atoms with E-state index in [0.29, 0.717) is 0 Å². The molecule has 0 atom stereocenters. The van der Waals surface area contributed by atoms with Gasteiger partial charge in [-0.2, -0.15) is 0 Å². The summed E-state index contributed by atoms with van der Waals surface area (Å²) >= 11 is 0. The molecule has 0 amide bonds. The van der Waals surface area contributed by atoms with Crippen molar-refractivity contribution in [3.63, 3.8) is 0 Å². The maximum Gasteiger partial charge on any atom is 0.119 e. The number of nitrogens with one attached hydrogen (secondary N) is 1. The Labute approximate surface area is 104 Å². The van der Waals surface area contributed by atoms with Crippen molar-refractivity contribution >= 4 is 0 Å². The lowest BCUT2D eigenvalue weighted by molar-refractivity contribution is 0.338. The highest BCUT2D eigenvalue weighted by Crippen LogP contribution is 2.20. The number of ether oxygens (including phenoxy) is 1. The highest BCUT2D eigenvalue weighted by atomic mass is 16.5. The summed E-state index contributed by atoms with van der Waals surface area (Å²) in [6.45, 7) is 5.17. The van der Waals surface area contributed by atoms with E-state index in [1.54, 1.807) is 0 Å². The first-order valence-corrected chi connectivity index (χ1v) is 6.81. The van der Waals surface area contributed by atoms with E-state index in [0.717, 1.165) is 18.3 Å². The third kappa shape index (κ3) is 4.04. The van der Waals surface area contributed by atoms with Crippen molar-refractivity contribution in [3.05, 3.63) is 29.8 Å². The van der Waals surface area contributed by atoms with Gasteiger partial charge in [-0.3, -0.25) is 0 Å². The smallest absolute Gasteiger partial charge is 0.119 e. The van der Waals surface area contributed by atoms with Crippen molar-refractivity contribution in [1.29, 1.82) is 0 Å². The number of piperidine rings is 1. The Morgan fingerprint density at radius 1 is 1.29 bits per heavy atom. The summed E-state index contributed by atoms with van der Waals surface area (Å²) < 4.78 is 5.53. The molecule has 17 heavy (non-hydrogen) atoms. The highest BCUT2D eigenvalue weighted by molar-refractivity contribution is 5.28. The molecule has 1 aromatic carbocycles. The molecule has 0 saturated carbocycles. The first-order valence-electron chi connectivity index (χ1n) is 6.81. The van der Waals surface area contributed by atoms with Crippen molar-refractivity contribution in [2.45, 2.75) is 32.6 Å². The summed E-state index contributed by atoms with van der Waals surface area (Å²) in [5, 5.41) is 3.42. The lowest BCUT2D eigenvalue weighted by Crippen LogP contribution is -2.27. The molecular weight excluding hydrogens is 210 g/mol. The fourth-order valence-electron chi connectivity index (χ4n) is 2.50. The molecular formula is C15H23NO. The zero-order chi connectivity index (χ0) is 11.9. The van der Waals surface area contributed by atoms with Gasteiger partial charge in [-0.05, 0) is 69.3 Å². The zero-order valence-electron chi connectivity index (χ0n) is 10.7. The second-order valence-electron chi connectivity index (χ2n) is 4.81. The Hall–Kier alpha value is -1.02. The average molecular weight is 233 g/mol. The zero-order valence-corrected chi connectivity index (χ0v) is 10.7. The van der Waals surface area contributed by atoms with E-state index in [1.165, 1.54) is 44.3 Å². The molecule has 0 radical (unpaired) electrons. The van der Waals surface area contributed by atoms with E-state index in [4.69, 9.17) is 4.74 Å². The second kappa shape index (κ2) is 6.65. The van der Waals surface area contributed by atoms with E-state index in [1.807, 2.05) is 13.0 Å². The molecule has 1 aliphatic rings. The van der Waals surface area contributed by atoms with Crippen molar-refractivity contribution < 1.29 is 4.74 Å². The van der Waals surface area contributed by atoms with E-state index in [9.17, 15) is 0 Å². The van der Waals surface area contributed by atoms with Crippen molar-refractivity contribution in [3.8, 4) is 5.75 Å². The molecule has 0 bridgehead atoms. The normalized spacial score (nSPS) is 17.0. The highest BCUT2D eigenvalue weighted by Gasteiger charge is 2.12. The predicted molar refractivity (Wildman–Crippen MR) is 71.5 cm³/mol. The monoisotopic (exact) mass is 233 g/mol. The second-order valence-corrected chi connectivity index (χ2v) is 4.81. The molecule has 94 valence electrons. The van der Waals surface area contributed by atoms with Crippen LogP contribution in [-0.4, -0.2) is 19.7 Å². The number of hydrogen-bond acceptors (Lipinski definition) is 2. The van der Waals surface area contributed by atoms with Crippen LogP contribution >= 0.6 is 0 Å². The van der Waals surface area contributed by atoms with Crippen LogP contribution < -0.4 is 10.1 Å². The molecule has 0 aromatic heterocycles. The van der Waals surface area contributed by atoms with E-state index in [-0.39, 0.29) is 0 Å². The van der Waals surface area contributed by atoms with Crippen molar-refractivity contribution in [2.24, 2.45) is 5.92 Å². The predicted octanol–water partition coefficient (Wildman–Crippen LogP) is 3.02. The fraction of sp³-hybridized carbons (Fsp3) is 0.600. The van der Waals surface area contributed by atoms with Gasteiger partial charge in [0.1, 0.15) is 5.75 Å². The van der Waals surface area contributed by atoms with Gasteiger partial charge in [-0.1, -0.05) is 12.1 Å². The molecule has 0 spiro atoms. The summed E-state index contributed by atoms with van der Waals surface area (Å²) in [6.07, 6.45) is 5.18. The minimum absolute atomic E-state index is 0.748. The Bertz CT molecular complexity index is 331. The Balaban J connectivity index is 1.83. The average Bonchev–Trinajstić information content (AvgIpc) is 2.39. The van der Waals surface area contributed by atoms with Crippen molar-refractivity contribution in [2.75, 3.05) is 19.7 Å². The van der Waals surface area contributed by atoms with Gasteiger partial charge in [-0.25, -0.2) is 0 Å². The van der Waals surface area contributed by atoms with Crippen LogP contribution in [0.1, 0.15) is 31.7 Å². The van der Waals surface area contributed by atoms with Crippen LogP contribution in [0, 0.1) is 5.92 Å². The van der Waals surface area contributed by atoms with Gasteiger partial charge in [0.05, 0.1) is 6.61 Å². The van der Waals surface area contributed by atoms with Crippen LogP contribution in [0.2, 0.25) is 0 Å². The molecule has 1 saturated heterocycles. The van der Waals surface area contributed by atoms with Crippen LogP contribution in [0.15, 0.2) is 24.3 Å². The Morgan fingerprint density at radius 3 is 2.88 bits per heavy atom. The standard InChI is InChI=1S/C15H23NO/c1-2-17-15-5-3-4-14(12-15)7-6-13-8-10-16-11-9-13/h3-5,12-13,16H,2,6-11H2,1H3. The lowest BCUT2D eigenvalue weighted by Gasteiger charge is -2.22. The van der Waals surface area contributed by atoms with E-state index >= 15 is 0 Å². The summed E-state index contributed by atoms with van der Waals surface area (Å²) in [7, 11) is 0. The molecule has 1 aliphatic heterocycles. The van der Waals surface area contributed by atoms with Gasteiger partial charge in [0.15, 0.2) is 0 Å². The minimum Gasteiger partial charge on any atom is -0.494 e. The van der Waals surface area contributed by atoms with Crippen LogP contribution in [-0.2, 0) is 6.42 Å². The summed E-state index contributed by atoms with van der Waals surface area (Å²) in [4.78, 5) is 0. The molecule has 0 unspecified atom stereocenters.